The highest BCUT2D eigenvalue weighted by Crippen LogP contribution is 2.42. The lowest BCUT2D eigenvalue weighted by Crippen LogP contribution is -2.42. The molecule has 6 heteroatoms. The molecule has 0 amide bonds. The van der Waals surface area contributed by atoms with E-state index in [1.807, 2.05) is 25.5 Å². The van der Waals surface area contributed by atoms with Crippen molar-refractivity contribution in [3.63, 3.8) is 0 Å². The fraction of sp³-hybridized carbons (Fsp3) is 0.565. The van der Waals surface area contributed by atoms with Crippen LogP contribution in [0.5, 0.6) is 0 Å². The maximum atomic E-state index is 5.98. The van der Waals surface area contributed by atoms with E-state index in [1.165, 1.54) is 16.9 Å². The van der Waals surface area contributed by atoms with Gasteiger partial charge in [0, 0.05) is 59.5 Å². The third-order valence-corrected chi connectivity index (χ3v) is 7.57. The van der Waals surface area contributed by atoms with E-state index in [1.54, 1.807) is 11.3 Å². The molecule has 0 bridgehead atoms. The first-order valence-electron chi connectivity index (χ1n) is 10.6. The van der Waals surface area contributed by atoms with Crippen LogP contribution in [-0.4, -0.2) is 45.6 Å². The van der Waals surface area contributed by atoms with Gasteiger partial charge in [0.25, 0.3) is 0 Å². The molecule has 1 unspecified atom stereocenters. The molecule has 0 spiro atoms. The molecule has 1 aliphatic rings. The van der Waals surface area contributed by atoms with E-state index in [0.717, 1.165) is 49.8 Å². The lowest BCUT2D eigenvalue weighted by Gasteiger charge is -2.38. The van der Waals surface area contributed by atoms with Crippen molar-refractivity contribution in [3.05, 3.63) is 53.1 Å². The first kappa shape index (κ1) is 20.5. The largest absolute Gasteiger partial charge is 0.381 e. The Labute approximate surface area is 177 Å². The third-order valence-electron chi connectivity index (χ3n) is 6.50. The zero-order valence-corrected chi connectivity index (χ0v) is 18.8. The van der Waals surface area contributed by atoms with Gasteiger partial charge < -0.3 is 4.74 Å². The van der Waals surface area contributed by atoms with E-state index < -0.39 is 0 Å². The fourth-order valence-corrected chi connectivity index (χ4v) is 5.35. The predicted molar refractivity (Wildman–Crippen MR) is 119 cm³/mol. The topological polar surface area (TPSA) is 42.7 Å². The zero-order chi connectivity index (χ0) is 20.5. The Bertz CT molecular complexity index is 917. The molecule has 4 rings (SSSR count). The summed E-state index contributed by atoms with van der Waals surface area (Å²) in [7, 11) is 0. The Kier molecular flexibility index (Phi) is 5.78. The van der Waals surface area contributed by atoms with Gasteiger partial charge in [-0.3, -0.25) is 14.3 Å². The number of nitrogens with zero attached hydrogens (tertiary/aromatic N) is 4. The lowest BCUT2D eigenvalue weighted by molar-refractivity contribution is 0.0386. The highest BCUT2D eigenvalue weighted by molar-refractivity contribution is 7.17. The van der Waals surface area contributed by atoms with Crippen molar-refractivity contribution in [2.24, 2.45) is 5.41 Å². The molecule has 0 radical (unpaired) electrons. The monoisotopic (exact) mass is 412 g/mol. The summed E-state index contributed by atoms with van der Waals surface area (Å²) < 4.78 is 8.11. The molecule has 1 aliphatic heterocycles. The average Bonchev–Trinajstić information content (AvgIpc) is 3.40. The molecule has 3 aromatic heterocycles. The van der Waals surface area contributed by atoms with Crippen molar-refractivity contribution in [2.45, 2.75) is 52.5 Å². The number of thiazole rings is 1. The van der Waals surface area contributed by atoms with Gasteiger partial charge >= 0.3 is 0 Å². The highest BCUT2D eigenvalue weighted by Gasteiger charge is 2.43. The molecule has 0 aromatic carbocycles. The Morgan fingerprint density at radius 3 is 2.86 bits per heavy atom. The SMILES string of the molecule is CCOCC1(CCc2cn3ccnc3s2)CCN(C(C)(C)c2ccc(C)nc2)C1. The summed E-state index contributed by atoms with van der Waals surface area (Å²) in [6.45, 7) is 12.6. The van der Waals surface area contributed by atoms with Crippen LogP contribution in [0.2, 0.25) is 0 Å². The Morgan fingerprint density at radius 1 is 1.28 bits per heavy atom. The molecular formula is C23H32N4OS. The summed E-state index contributed by atoms with van der Waals surface area (Å²) in [5.41, 5.74) is 2.53. The summed E-state index contributed by atoms with van der Waals surface area (Å²) in [5.74, 6) is 0. The van der Waals surface area contributed by atoms with Gasteiger partial charge in [-0.1, -0.05) is 6.07 Å². The molecule has 3 aromatic rings. The van der Waals surface area contributed by atoms with Crippen LogP contribution in [0.4, 0.5) is 0 Å². The standard InChI is InChI=1S/C23H32N4OS/c1-5-28-17-23(9-8-20-15-26-13-11-24-21(26)29-20)10-12-27(16-23)22(3,4)19-7-6-18(2)25-14-19/h6-7,11,13-15H,5,8-10,12,16-17H2,1-4H3. The van der Waals surface area contributed by atoms with Crippen molar-refractivity contribution in [3.8, 4) is 0 Å². The molecule has 4 heterocycles. The highest BCUT2D eigenvalue weighted by atomic mass is 32.1. The average molecular weight is 413 g/mol. The number of hydrogen-bond donors (Lipinski definition) is 0. The number of rotatable bonds is 8. The van der Waals surface area contributed by atoms with Gasteiger partial charge in [0.2, 0.25) is 0 Å². The Balaban J connectivity index is 1.49. The zero-order valence-electron chi connectivity index (χ0n) is 18.0. The van der Waals surface area contributed by atoms with Crippen LogP contribution in [0, 0.1) is 12.3 Å². The number of fused-ring (bicyclic) bond motifs is 1. The van der Waals surface area contributed by atoms with Gasteiger partial charge in [-0.25, -0.2) is 4.98 Å². The van der Waals surface area contributed by atoms with Gasteiger partial charge in [0.15, 0.2) is 4.96 Å². The summed E-state index contributed by atoms with van der Waals surface area (Å²) in [5, 5.41) is 0. The molecule has 1 atom stereocenters. The van der Waals surface area contributed by atoms with Crippen LogP contribution in [0.15, 0.2) is 36.9 Å². The molecule has 0 saturated carbocycles. The van der Waals surface area contributed by atoms with Gasteiger partial charge in [-0.2, -0.15) is 0 Å². The van der Waals surface area contributed by atoms with Crippen LogP contribution >= 0.6 is 11.3 Å². The smallest absolute Gasteiger partial charge is 0.193 e. The predicted octanol–water partition coefficient (Wildman–Crippen LogP) is 4.70. The molecule has 0 aliphatic carbocycles. The van der Waals surface area contributed by atoms with Crippen molar-refractivity contribution >= 4 is 16.3 Å². The number of aromatic nitrogens is 3. The molecule has 0 N–H and O–H groups in total. The third kappa shape index (κ3) is 4.25. The molecule has 1 saturated heterocycles. The van der Waals surface area contributed by atoms with E-state index in [2.05, 4.69) is 58.4 Å². The summed E-state index contributed by atoms with van der Waals surface area (Å²) in [4.78, 5) is 14.1. The second kappa shape index (κ2) is 8.17. The first-order valence-corrected chi connectivity index (χ1v) is 11.4. The number of aryl methyl sites for hydroxylation is 2. The Morgan fingerprint density at radius 2 is 2.14 bits per heavy atom. The number of pyridine rings is 1. The second-order valence-corrected chi connectivity index (χ2v) is 9.96. The van der Waals surface area contributed by atoms with E-state index in [4.69, 9.17) is 4.74 Å². The number of hydrogen-bond acceptors (Lipinski definition) is 5. The number of likely N-dealkylation sites (tertiary alicyclic amines) is 1. The van der Waals surface area contributed by atoms with Crippen molar-refractivity contribution in [1.29, 1.82) is 0 Å². The molecule has 5 nitrogen and oxygen atoms in total. The van der Waals surface area contributed by atoms with E-state index in [9.17, 15) is 0 Å². The molecule has 1 fully saturated rings. The van der Waals surface area contributed by atoms with Crippen molar-refractivity contribution < 1.29 is 4.74 Å². The number of imidazole rings is 1. The maximum absolute atomic E-state index is 5.98. The van der Waals surface area contributed by atoms with Crippen LogP contribution in [0.25, 0.3) is 4.96 Å². The Hall–Kier alpha value is -1.76. The van der Waals surface area contributed by atoms with Crippen molar-refractivity contribution in [2.75, 3.05) is 26.3 Å². The minimum Gasteiger partial charge on any atom is -0.381 e. The number of ether oxygens (including phenoxy) is 1. The maximum Gasteiger partial charge on any atom is 0.193 e. The normalized spacial score (nSPS) is 20.7. The summed E-state index contributed by atoms with van der Waals surface area (Å²) in [6, 6.07) is 4.35. The van der Waals surface area contributed by atoms with Crippen LogP contribution in [-0.2, 0) is 16.7 Å². The molecule has 156 valence electrons. The lowest BCUT2D eigenvalue weighted by atomic mass is 9.82. The molecular weight excluding hydrogens is 380 g/mol. The second-order valence-electron chi connectivity index (χ2n) is 8.87. The molecule has 29 heavy (non-hydrogen) atoms. The fourth-order valence-electron chi connectivity index (χ4n) is 4.42. The van der Waals surface area contributed by atoms with Gasteiger partial charge in [-0.05, 0) is 65.1 Å². The summed E-state index contributed by atoms with van der Waals surface area (Å²) >= 11 is 1.80. The quantitative estimate of drug-likeness (QED) is 0.538. The minimum atomic E-state index is -0.0295. The van der Waals surface area contributed by atoms with Gasteiger partial charge in [0.05, 0.1) is 6.61 Å². The first-order chi connectivity index (χ1) is 13.9. The van der Waals surface area contributed by atoms with Crippen molar-refractivity contribution in [1.82, 2.24) is 19.3 Å². The van der Waals surface area contributed by atoms with Gasteiger partial charge in [0.1, 0.15) is 0 Å². The van der Waals surface area contributed by atoms with Crippen LogP contribution < -0.4 is 0 Å². The minimum absolute atomic E-state index is 0.0295. The van der Waals surface area contributed by atoms with E-state index >= 15 is 0 Å². The van der Waals surface area contributed by atoms with Gasteiger partial charge in [-0.15, -0.1) is 11.3 Å². The van der Waals surface area contributed by atoms with Crippen LogP contribution in [0.3, 0.4) is 0 Å². The summed E-state index contributed by atoms with van der Waals surface area (Å²) in [6.07, 6.45) is 11.6. The van der Waals surface area contributed by atoms with E-state index in [-0.39, 0.29) is 11.0 Å². The van der Waals surface area contributed by atoms with Crippen LogP contribution in [0.1, 0.15) is 49.7 Å². The van der Waals surface area contributed by atoms with E-state index in [0.29, 0.717) is 0 Å².